The molecule has 1 aliphatic carbocycles. The highest BCUT2D eigenvalue weighted by Crippen LogP contribution is 2.35. The monoisotopic (exact) mass is 289 g/mol. The molecule has 1 unspecified atom stereocenters. The van der Waals surface area contributed by atoms with Gasteiger partial charge in [-0.25, -0.2) is 4.39 Å². The molecule has 2 aromatic rings. The van der Waals surface area contributed by atoms with Crippen LogP contribution in [0.25, 0.3) is 0 Å². The molecule has 1 aromatic heterocycles. The van der Waals surface area contributed by atoms with Crippen LogP contribution >= 0.6 is 11.3 Å². The second-order valence-electron chi connectivity index (χ2n) is 5.35. The first-order chi connectivity index (χ1) is 9.78. The van der Waals surface area contributed by atoms with Crippen LogP contribution in [-0.2, 0) is 12.8 Å². The Kier molecular flexibility index (Phi) is 4.18. The van der Waals surface area contributed by atoms with Gasteiger partial charge in [0, 0.05) is 9.75 Å². The largest absolute Gasteiger partial charge is 0.306 e. The molecule has 0 radical (unpaired) electrons. The minimum Gasteiger partial charge on any atom is -0.306 e. The first-order valence-electron chi connectivity index (χ1n) is 7.38. The van der Waals surface area contributed by atoms with Gasteiger partial charge in [0.25, 0.3) is 0 Å². The van der Waals surface area contributed by atoms with Crippen LogP contribution in [0.15, 0.2) is 30.3 Å². The number of thiophene rings is 1. The summed E-state index contributed by atoms with van der Waals surface area (Å²) in [5, 5.41) is 3.53. The SMILES string of the molecule is CCNC(c1ccc(F)cc1)c1cc2c(s1)CCCC2. The Labute approximate surface area is 123 Å². The summed E-state index contributed by atoms with van der Waals surface area (Å²) >= 11 is 1.93. The van der Waals surface area contributed by atoms with Crippen molar-refractivity contribution in [1.29, 1.82) is 0 Å². The number of aryl methyl sites for hydroxylation is 2. The Bertz CT molecular complexity index is 550. The molecule has 0 spiro atoms. The fraction of sp³-hybridized carbons (Fsp3) is 0.412. The Morgan fingerprint density at radius 3 is 2.65 bits per heavy atom. The average molecular weight is 289 g/mol. The van der Waals surface area contributed by atoms with Crippen LogP contribution in [0.5, 0.6) is 0 Å². The summed E-state index contributed by atoms with van der Waals surface area (Å²) in [6, 6.07) is 9.43. The maximum absolute atomic E-state index is 13.1. The standard InChI is InChI=1S/C17H20FNS/c1-2-19-17(12-7-9-14(18)10-8-12)16-11-13-5-3-4-6-15(13)20-16/h7-11,17,19H,2-6H2,1H3. The molecular formula is C17H20FNS. The number of hydrogen-bond donors (Lipinski definition) is 1. The van der Waals surface area contributed by atoms with E-state index in [2.05, 4.69) is 18.3 Å². The number of nitrogens with one attached hydrogen (secondary N) is 1. The number of fused-ring (bicyclic) bond motifs is 1. The van der Waals surface area contributed by atoms with Crippen LogP contribution in [-0.4, -0.2) is 6.54 Å². The Hall–Kier alpha value is -1.19. The summed E-state index contributed by atoms with van der Waals surface area (Å²) in [7, 11) is 0. The molecule has 0 amide bonds. The fourth-order valence-corrected chi connectivity index (χ4v) is 4.26. The topological polar surface area (TPSA) is 12.0 Å². The molecule has 0 aliphatic heterocycles. The zero-order valence-corrected chi connectivity index (χ0v) is 12.6. The van der Waals surface area contributed by atoms with E-state index >= 15 is 0 Å². The third kappa shape index (κ3) is 2.79. The number of hydrogen-bond acceptors (Lipinski definition) is 2. The van der Waals surface area contributed by atoms with Gasteiger partial charge >= 0.3 is 0 Å². The van der Waals surface area contributed by atoms with Crippen molar-refractivity contribution >= 4 is 11.3 Å². The predicted molar refractivity (Wildman–Crippen MR) is 82.9 cm³/mol. The van der Waals surface area contributed by atoms with E-state index in [4.69, 9.17) is 0 Å². The van der Waals surface area contributed by atoms with E-state index in [1.54, 1.807) is 17.0 Å². The van der Waals surface area contributed by atoms with Gasteiger partial charge in [0.1, 0.15) is 5.82 Å². The van der Waals surface area contributed by atoms with Crippen molar-refractivity contribution in [1.82, 2.24) is 5.32 Å². The molecule has 1 heterocycles. The van der Waals surface area contributed by atoms with Gasteiger partial charge in [0.2, 0.25) is 0 Å². The van der Waals surface area contributed by atoms with Crippen LogP contribution in [0.2, 0.25) is 0 Å². The van der Waals surface area contributed by atoms with Gasteiger partial charge in [0.15, 0.2) is 0 Å². The molecule has 1 atom stereocenters. The lowest BCUT2D eigenvalue weighted by Crippen LogP contribution is -2.21. The fourth-order valence-electron chi connectivity index (χ4n) is 2.90. The normalized spacial score (nSPS) is 15.9. The summed E-state index contributed by atoms with van der Waals surface area (Å²) in [6.45, 7) is 3.02. The quantitative estimate of drug-likeness (QED) is 0.876. The zero-order valence-electron chi connectivity index (χ0n) is 11.8. The summed E-state index contributed by atoms with van der Waals surface area (Å²) in [5.41, 5.74) is 2.67. The molecule has 0 fully saturated rings. The van der Waals surface area contributed by atoms with Gasteiger partial charge in [-0.05, 0) is 61.6 Å². The van der Waals surface area contributed by atoms with Crippen LogP contribution in [0.4, 0.5) is 4.39 Å². The van der Waals surface area contributed by atoms with Crippen molar-refractivity contribution in [2.75, 3.05) is 6.54 Å². The molecule has 0 saturated carbocycles. The zero-order chi connectivity index (χ0) is 13.9. The van der Waals surface area contributed by atoms with Gasteiger partial charge in [-0.1, -0.05) is 19.1 Å². The van der Waals surface area contributed by atoms with Gasteiger partial charge in [0.05, 0.1) is 6.04 Å². The van der Waals surface area contributed by atoms with Crippen molar-refractivity contribution in [3.05, 3.63) is 57.0 Å². The maximum Gasteiger partial charge on any atom is 0.123 e. The molecule has 1 aromatic carbocycles. The van der Waals surface area contributed by atoms with Crippen LogP contribution in [0.3, 0.4) is 0 Å². The lowest BCUT2D eigenvalue weighted by molar-refractivity contribution is 0.617. The first-order valence-corrected chi connectivity index (χ1v) is 8.20. The van der Waals surface area contributed by atoms with Crippen LogP contribution < -0.4 is 5.32 Å². The van der Waals surface area contributed by atoms with Gasteiger partial charge in [-0.15, -0.1) is 11.3 Å². The minimum absolute atomic E-state index is 0.172. The van der Waals surface area contributed by atoms with Gasteiger partial charge in [-0.2, -0.15) is 0 Å². The van der Waals surface area contributed by atoms with Crippen molar-refractivity contribution < 1.29 is 4.39 Å². The molecular weight excluding hydrogens is 269 g/mol. The van der Waals surface area contributed by atoms with Crippen molar-refractivity contribution in [3.8, 4) is 0 Å². The summed E-state index contributed by atoms with van der Waals surface area (Å²) in [4.78, 5) is 2.92. The van der Waals surface area contributed by atoms with E-state index in [9.17, 15) is 4.39 Å². The molecule has 3 heteroatoms. The second-order valence-corrected chi connectivity index (χ2v) is 6.51. The lowest BCUT2D eigenvalue weighted by atomic mass is 9.98. The maximum atomic E-state index is 13.1. The summed E-state index contributed by atoms with van der Waals surface area (Å²) in [5.74, 6) is -0.172. The molecule has 0 saturated heterocycles. The Balaban J connectivity index is 1.93. The Morgan fingerprint density at radius 1 is 1.20 bits per heavy atom. The molecule has 1 N–H and O–H groups in total. The summed E-state index contributed by atoms with van der Waals surface area (Å²) < 4.78 is 13.1. The Morgan fingerprint density at radius 2 is 1.95 bits per heavy atom. The lowest BCUT2D eigenvalue weighted by Gasteiger charge is -2.17. The van der Waals surface area contributed by atoms with E-state index < -0.39 is 0 Å². The van der Waals surface area contributed by atoms with E-state index in [0.717, 1.165) is 12.1 Å². The predicted octanol–water partition coefficient (Wildman–Crippen LogP) is 4.46. The van der Waals surface area contributed by atoms with E-state index in [-0.39, 0.29) is 11.9 Å². The van der Waals surface area contributed by atoms with Gasteiger partial charge in [-0.3, -0.25) is 0 Å². The van der Waals surface area contributed by atoms with Crippen LogP contribution in [0.1, 0.15) is 46.7 Å². The number of benzene rings is 1. The second kappa shape index (κ2) is 6.06. The van der Waals surface area contributed by atoms with E-state index in [1.165, 1.54) is 36.1 Å². The van der Waals surface area contributed by atoms with Gasteiger partial charge < -0.3 is 5.32 Å². The number of halogens is 1. The molecule has 3 rings (SSSR count). The van der Waals surface area contributed by atoms with Crippen LogP contribution in [0, 0.1) is 5.82 Å². The smallest absolute Gasteiger partial charge is 0.123 e. The highest BCUT2D eigenvalue weighted by molar-refractivity contribution is 7.12. The van der Waals surface area contributed by atoms with E-state index in [1.807, 2.05) is 23.5 Å². The number of rotatable bonds is 4. The molecule has 20 heavy (non-hydrogen) atoms. The summed E-state index contributed by atoms with van der Waals surface area (Å²) in [6.07, 6.45) is 5.07. The van der Waals surface area contributed by atoms with E-state index in [0.29, 0.717) is 0 Å². The first kappa shape index (κ1) is 13.8. The highest BCUT2D eigenvalue weighted by atomic mass is 32.1. The van der Waals surface area contributed by atoms with Crippen molar-refractivity contribution in [3.63, 3.8) is 0 Å². The highest BCUT2D eigenvalue weighted by Gasteiger charge is 2.20. The molecule has 1 nitrogen and oxygen atoms in total. The third-order valence-electron chi connectivity index (χ3n) is 3.91. The minimum atomic E-state index is -0.172. The van der Waals surface area contributed by atoms with Crippen molar-refractivity contribution in [2.45, 2.75) is 38.6 Å². The molecule has 106 valence electrons. The third-order valence-corrected chi connectivity index (χ3v) is 5.21. The molecule has 1 aliphatic rings. The van der Waals surface area contributed by atoms with Crippen molar-refractivity contribution in [2.24, 2.45) is 0 Å². The molecule has 0 bridgehead atoms. The average Bonchev–Trinajstić information content (AvgIpc) is 2.89.